The van der Waals surface area contributed by atoms with Crippen LogP contribution in [0.15, 0.2) is 0 Å². The van der Waals surface area contributed by atoms with E-state index in [-0.39, 0.29) is 15.6 Å². The maximum Gasteiger partial charge on any atom is 0.351 e. The molecule has 4 nitrogen and oxygen atoms in total. The highest BCUT2D eigenvalue weighted by Gasteiger charge is 2.18. The fraction of sp³-hybridized carbons (Fsp3) is 0.167. The Morgan fingerprint density at radius 3 is 3.00 bits per heavy atom. The van der Waals surface area contributed by atoms with Crippen molar-refractivity contribution in [2.45, 2.75) is 0 Å². The summed E-state index contributed by atoms with van der Waals surface area (Å²) in [6.07, 6.45) is 0. The first-order valence-electron chi connectivity index (χ1n) is 2.84. The summed E-state index contributed by atoms with van der Waals surface area (Å²) in [5, 5.41) is 8.60. The zero-order chi connectivity index (χ0) is 9.14. The van der Waals surface area contributed by atoms with Crippen molar-refractivity contribution in [3.63, 3.8) is 0 Å². The average Bonchev–Trinajstić information content (AvgIpc) is 2.45. The predicted octanol–water partition coefficient (Wildman–Crippen LogP) is 1.45. The first kappa shape index (κ1) is 8.97. The van der Waals surface area contributed by atoms with Crippen molar-refractivity contribution in [1.29, 1.82) is 5.26 Å². The second-order valence-electron chi connectivity index (χ2n) is 1.78. The van der Waals surface area contributed by atoms with Crippen molar-refractivity contribution < 1.29 is 9.53 Å². The monoisotopic (exact) mass is 202 g/mol. The summed E-state index contributed by atoms with van der Waals surface area (Å²) >= 11 is 6.37. The lowest BCUT2D eigenvalue weighted by Gasteiger charge is -1.92. The Balaban J connectivity index is 3.18. The highest BCUT2D eigenvalue weighted by atomic mass is 35.5. The van der Waals surface area contributed by atoms with Gasteiger partial charge in [0.2, 0.25) is 0 Å². The molecule has 0 spiro atoms. The Labute approximate surface area is 77.5 Å². The Hall–Kier alpha value is -1.12. The number of nitrogens with zero attached hydrogens (tertiary/aromatic N) is 2. The van der Waals surface area contributed by atoms with Gasteiger partial charge in [-0.2, -0.15) is 9.64 Å². The molecule has 0 unspecified atom stereocenters. The van der Waals surface area contributed by atoms with Crippen molar-refractivity contribution in [1.82, 2.24) is 4.37 Å². The summed E-state index contributed by atoms with van der Waals surface area (Å²) in [4.78, 5) is 11.1. The number of aromatic nitrogens is 1. The lowest BCUT2D eigenvalue weighted by molar-refractivity contribution is 0.0606. The van der Waals surface area contributed by atoms with E-state index < -0.39 is 5.97 Å². The molecule has 0 aliphatic heterocycles. The molecule has 1 aromatic rings. The van der Waals surface area contributed by atoms with Crippen LogP contribution in [0.5, 0.6) is 0 Å². The lowest BCUT2D eigenvalue weighted by Crippen LogP contribution is -1.99. The summed E-state index contributed by atoms with van der Waals surface area (Å²) in [5.41, 5.74) is 0.0773. The smallest absolute Gasteiger partial charge is 0.351 e. The van der Waals surface area contributed by atoms with Crippen molar-refractivity contribution in [3.05, 3.63) is 15.6 Å². The third kappa shape index (κ3) is 1.40. The number of ether oxygens (including phenoxy) is 1. The summed E-state index contributed by atoms with van der Waals surface area (Å²) in [6, 6.07) is 1.77. The number of halogens is 1. The molecular formula is C6H3ClN2O2S. The number of hydrogen-bond donors (Lipinski definition) is 0. The highest BCUT2D eigenvalue weighted by molar-refractivity contribution is 7.08. The van der Waals surface area contributed by atoms with E-state index >= 15 is 0 Å². The van der Waals surface area contributed by atoms with Gasteiger partial charge in [-0.15, -0.1) is 0 Å². The highest BCUT2D eigenvalue weighted by Crippen LogP contribution is 2.22. The largest absolute Gasteiger partial charge is 0.465 e. The topological polar surface area (TPSA) is 63.0 Å². The van der Waals surface area contributed by atoms with Gasteiger partial charge in [-0.05, 0) is 11.5 Å². The molecule has 0 aromatic carbocycles. The molecule has 6 heteroatoms. The standard InChI is InChI=1S/C6H3ClN2O2S/c1-11-6(10)4-3(2-8)5(7)9-12-4/h1H3. The molecule has 0 saturated heterocycles. The zero-order valence-corrected chi connectivity index (χ0v) is 7.57. The van der Waals surface area contributed by atoms with Gasteiger partial charge in [-0.1, -0.05) is 11.6 Å². The van der Waals surface area contributed by atoms with Gasteiger partial charge in [0.15, 0.2) is 10.0 Å². The molecule has 1 rings (SSSR count). The van der Waals surface area contributed by atoms with Gasteiger partial charge < -0.3 is 4.74 Å². The number of carbonyl (C=O) groups excluding carboxylic acids is 1. The average molecular weight is 203 g/mol. The molecule has 1 aromatic heterocycles. The van der Waals surface area contributed by atoms with Crippen LogP contribution in [0.1, 0.15) is 15.2 Å². The van der Waals surface area contributed by atoms with Crippen LogP contribution in [0, 0.1) is 11.3 Å². The minimum Gasteiger partial charge on any atom is -0.465 e. The van der Waals surface area contributed by atoms with E-state index in [0.717, 1.165) is 11.5 Å². The van der Waals surface area contributed by atoms with E-state index in [1.807, 2.05) is 0 Å². The van der Waals surface area contributed by atoms with E-state index in [2.05, 4.69) is 9.11 Å². The molecule has 1 heterocycles. The van der Waals surface area contributed by atoms with Gasteiger partial charge in [-0.3, -0.25) is 0 Å². The Kier molecular flexibility index (Phi) is 2.63. The van der Waals surface area contributed by atoms with E-state index in [1.54, 1.807) is 6.07 Å². The minimum atomic E-state index is -0.587. The van der Waals surface area contributed by atoms with Crippen LogP contribution >= 0.6 is 23.1 Å². The fourth-order valence-electron chi connectivity index (χ4n) is 0.600. The van der Waals surface area contributed by atoms with Gasteiger partial charge in [-0.25, -0.2) is 4.79 Å². The number of rotatable bonds is 1. The van der Waals surface area contributed by atoms with Gasteiger partial charge in [0.05, 0.1) is 7.11 Å². The summed E-state index contributed by atoms with van der Waals surface area (Å²) in [6.45, 7) is 0. The molecule has 0 radical (unpaired) electrons. The van der Waals surface area contributed by atoms with Crippen LogP contribution in [0.2, 0.25) is 5.15 Å². The molecule has 0 fully saturated rings. The molecular weight excluding hydrogens is 200 g/mol. The van der Waals surface area contributed by atoms with Crippen molar-refractivity contribution >= 4 is 29.1 Å². The van der Waals surface area contributed by atoms with Crippen LogP contribution in [-0.4, -0.2) is 17.5 Å². The van der Waals surface area contributed by atoms with E-state index in [4.69, 9.17) is 16.9 Å². The Morgan fingerprint density at radius 2 is 2.50 bits per heavy atom. The van der Waals surface area contributed by atoms with Gasteiger partial charge in [0, 0.05) is 0 Å². The third-order valence-corrected chi connectivity index (χ3v) is 2.33. The molecule has 0 atom stereocenters. The first-order chi connectivity index (χ1) is 5.70. The third-order valence-electron chi connectivity index (χ3n) is 1.13. The summed E-state index contributed by atoms with van der Waals surface area (Å²) in [7, 11) is 1.23. The maximum absolute atomic E-state index is 10.9. The molecule has 62 valence electrons. The van der Waals surface area contributed by atoms with Gasteiger partial charge in [0.1, 0.15) is 11.6 Å². The second-order valence-corrected chi connectivity index (χ2v) is 2.91. The molecule has 0 saturated carbocycles. The van der Waals surface area contributed by atoms with E-state index in [0.29, 0.717) is 0 Å². The van der Waals surface area contributed by atoms with Crippen molar-refractivity contribution in [2.75, 3.05) is 7.11 Å². The SMILES string of the molecule is COC(=O)c1snc(Cl)c1C#N. The number of esters is 1. The number of carbonyl (C=O) groups is 1. The Morgan fingerprint density at radius 1 is 1.83 bits per heavy atom. The summed E-state index contributed by atoms with van der Waals surface area (Å²) < 4.78 is 8.05. The van der Waals surface area contributed by atoms with Gasteiger partial charge in [0.25, 0.3) is 0 Å². The molecule has 0 N–H and O–H groups in total. The molecule has 12 heavy (non-hydrogen) atoms. The molecule has 0 bridgehead atoms. The van der Waals surface area contributed by atoms with Crippen molar-refractivity contribution in [2.24, 2.45) is 0 Å². The fourth-order valence-corrected chi connectivity index (χ4v) is 1.55. The lowest BCUT2D eigenvalue weighted by atomic mass is 10.3. The van der Waals surface area contributed by atoms with Crippen LogP contribution in [0.25, 0.3) is 0 Å². The molecule has 0 aliphatic carbocycles. The maximum atomic E-state index is 10.9. The number of methoxy groups -OCH3 is 1. The number of nitriles is 1. The van der Waals surface area contributed by atoms with Crippen LogP contribution in [0.4, 0.5) is 0 Å². The quantitative estimate of drug-likeness (QED) is 0.647. The first-order valence-corrected chi connectivity index (χ1v) is 3.99. The predicted molar refractivity (Wildman–Crippen MR) is 43.2 cm³/mol. The normalized spacial score (nSPS) is 9.08. The zero-order valence-electron chi connectivity index (χ0n) is 6.00. The van der Waals surface area contributed by atoms with Crippen LogP contribution in [-0.2, 0) is 4.74 Å². The van der Waals surface area contributed by atoms with Crippen LogP contribution in [0.3, 0.4) is 0 Å². The van der Waals surface area contributed by atoms with E-state index in [1.165, 1.54) is 7.11 Å². The summed E-state index contributed by atoms with van der Waals surface area (Å²) in [5.74, 6) is -0.587. The minimum absolute atomic E-state index is 0.0444. The number of hydrogen-bond acceptors (Lipinski definition) is 5. The Bertz CT molecular complexity index is 355. The van der Waals surface area contributed by atoms with Crippen LogP contribution < -0.4 is 0 Å². The molecule has 0 aliphatic rings. The second kappa shape index (κ2) is 3.52. The molecule has 0 amide bonds. The van der Waals surface area contributed by atoms with Crippen molar-refractivity contribution in [3.8, 4) is 6.07 Å². The van der Waals surface area contributed by atoms with Gasteiger partial charge >= 0.3 is 5.97 Å². The van der Waals surface area contributed by atoms with E-state index in [9.17, 15) is 4.79 Å².